The van der Waals surface area contributed by atoms with E-state index in [0.29, 0.717) is 0 Å². The molecule has 0 spiro atoms. The van der Waals surface area contributed by atoms with Gasteiger partial charge in [-0.1, -0.05) is 33.1 Å². The molecular weight excluding hydrogens is 294 g/mol. The van der Waals surface area contributed by atoms with E-state index in [9.17, 15) is 0 Å². The fraction of sp³-hybridized carbons (Fsp3) is 0.905. The maximum Gasteiger partial charge on any atom is 0.0198 e. The molecule has 1 atom stereocenters. The lowest BCUT2D eigenvalue weighted by Gasteiger charge is -2.47. The second-order valence-corrected chi connectivity index (χ2v) is 7.51. The van der Waals surface area contributed by atoms with Crippen LogP contribution in [0.5, 0.6) is 0 Å². The van der Waals surface area contributed by atoms with E-state index >= 15 is 0 Å². The van der Waals surface area contributed by atoms with E-state index in [4.69, 9.17) is 0 Å². The molecule has 3 aliphatic rings. The highest BCUT2D eigenvalue weighted by molar-refractivity contribution is 4.88. The van der Waals surface area contributed by atoms with E-state index in [1.807, 2.05) is 13.8 Å². The normalized spacial score (nSPS) is 27.1. The first-order valence-electron chi connectivity index (χ1n) is 10.2. The summed E-state index contributed by atoms with van der Waals surface area (Å²) in [6.07, 6.45) is 11.9. The minimum atomic E-state index is 0.773. The molecule has 3 rings (SSSR count). The summed E-state index contributed by atoms with van der Waals surface area (Å²) in [5, 5.41) is 0. The zero-order chi connectivity index (χ0) is 17.9. The average molecular weight is 336 g/mol. The van der Waals surface area contributed by atoms with Gasteiger partial charge in [0.2, 0.25) is 0 Å². The first-order chi connectivity index (χ1) is 11.6. The molecule has 2 saturated heterocycles. The van der Waals surface area contributed by atoms with Crippen molar-refractivity contribution in [3.8, 4) is 12.3 Å². The Labute approximate surface area is 151 Å². The third-order valence-electron chi connectivity index (χ3n) is 5.46. The van der Waals surface area contributed by atoms with Crippen molar-refractivity contribution in [1.82, 2.24) is 14.7 Å². The van der Waals surface area contributed by atoms with Gasteiger partial charge >= 0.3 is 0 Å². The minimum Gasteiger partial charge on any atom is -0.306 e. The van der Waals surface area contributed by atoms with Crippen LogP contribution in [0.1, 0.15) is 59.8 Å². The molecule has 1 unspecified atom stereocenters. The molecule has 1 saturated carbocycles. The number of piperazine rings is 1. The van der Waals surface area contributed by atoms with Crippen LogP contribution in [0.15, 0.2) is 0 Å². The molecule has 0 aromatic rings. The molecule has 3 heteroatoms. The molecule has 2 aliphatic heterocycles. The first-order valence-corrected chi connectivity index (χ1v) is 10.2. The fourth-order valence-electron chi connectivity index (χ4n) is 4.48. The van der Waals surface area contributed by atoms with Crippen molar-refractivity contribution >= 4 is 0 Å². The van der Waals surface area contributed by atoms with Gasteiger partial charge in [0.15, 0.2) is 0 Å². The minimum absolute atomic E-state index is 0.773. The van der Waals surface area contributed by atoms with Crippen LogP contribution < -0.4 is 0 Å². The van der Waals surface area contributed by atoms with E-state index in [-0.39, 0.29) is 0 Å². The van der Waals surface area contributed by atoms with Gasteiger partial charge in [0.1, 0.15) is 0 Å². The highest BCUT2D eigenvalue weighted by atomic mass is 15.3. The Morgan fingerprint density at radius 1 is 1.00 bits per heavy atom. The van der Waals surface area contributed by atoms with Crippen molar-refractivity contribution in [2.45, 2.75) is 71.9 Å². The van der Waals surface area contributed by atoms with Gasteiger partial charge in [0, 0.05) is 51.4 Å². The lowest BCUT2D eigenvalue weighted by Crippen LogP contribution is -2.58. The van der Waals surface area contributed by atoms with Crippen molar-refractivity contribution in [3.05, 3.63) is 0 Å². The summed E-state index contributed by atoms with van der Waals surface area (Å²) in [6, 6.07) is 1.68. The molecular formula is C21H41N3. The molecule has 3 fully saturated rings. The zero-order valence-corrected chi connectivity index (χ0v) is 16.9. The van der Waals surface area contributed by atoms with E-state index in [1.54, 1.807) is 6.92 Å². The van der Waals surface area contributed by atoms with Crippen LogP contribution in [0, 0.1) is 18.3 Å². The van der Waals surface area contributed by atoms with Crippen LogP contribution in [-0.4, -0.2) is 73.1 Å². The number of likely N-dealkylation sites (tertiary alicyclic amines) is 1. The second-order valence-electron chi connectivity index (χ2n) is 7.51. The largest absolute Gasteiger partial charge is 0.306 e. The fourth-order valence-corrected chi connectivity index (χ4v) is 4.48. The molecule has 0 N–H and O–H groups in total. The second kappa shape index (κ2) is 11.9. The summed E-state index contributed by atoms with van der Waals surface area (Å²) in [5.74, 6) is 3.19. The summed E-state index contributed by atoms with van der Waals surface area (Å²) in [5.41, 5.74) is 0. The molecule has 1 aliphatic carbocycles. The van der Waals surface area contributed by atoms with Crippen molar-refractivity contribution in [3.63, 3.8) is 0 Å². The number of terminal acetylenes is 1. The molecule has 0 aromatic carbocycles. The predicted octanol–water partition coefficient (Wildman–Crippen LogP) is 3.55. The quantitative estimate of drug-likeness (QED) is 0.730. The Morgan fingerprint density at radius 3 is 2.08 bits per heavy atom. The van der Waals surface area contributed by atoms with Gasteiger partial charge in [0.05, 0.1) is 0 Å². The molecule has 0 aromatic heterocycles. The molecule has 0 radical (unpaired) electrons. The van der Waals surface area contributed by atoms with Crippen LogP contribution in [-0.2, 0) is 0 Å². The van der Waals surface area contributed by atoms with Gasteiger partial charge in [0.25, 0.3) is 0 Å². The summed E-state index contributed by atoms with van der Waals surface area (Å²) < 4.78 is 0. The monoisotopic (exact) mass is 335 g/mol. The van der Waals surface area contributed by atoms with Gasteiger partial charge in [-0.25, -0.2) is 0 Å². The zero-order valence-electron chi connectivity index (χ0n) is 16.9. The standard InChI is InChI=1S/C16H31N3.C3H4.C2H6/c1-14-10-18(13-15-11-17(2)12-15)8-9-19(14)16-6-4-3-5-7-16;1-3-2;1-2/h14-16H,3-13H2,1-2H3;1H,2H3;1-2H3. The average Bonchev–Trinajstić information content (AvgIpc) is 2.57. The molecule has 0 amide bonds. The Morgan fingerprint density at radius 2 is 1.58 bits per heavy atom. The molecule has 2 heterocycles. The molecule has 0 bridgehead atoms. The van der Waals surface area contributed by atoms with Gasteiger partial charge in [-0.15, -0.1) is 12.3 Å². The number of rotatable bonds is 3. The Kier molecular flexibility index (Phi) is 10.7. The Bertz CT molecular complexity index is 351. The van der Waals surface area contributed by atoms with E-state index in [2.05, 4.69) is 41.0 Å². The molecule has 140 valence electrons. The lowest BCUT2D eigenvalue weighted by atomic mass is 9.92. The van der Waals surface area contributed by atoms with Crippen molar-refractivity contribution in [2.75, 3.05) is 46.3 Å². The summed E-state index contributed by atoms with van der Waals surface area (Å²) >= 11 is 0. The lowest BCUT2D eigenvalue weighted by molar-refractivity contribution is 0.0121. The summed E-state index contributed by atoms with van der Waals surface area (Å²) in [6.45, 7) is 16.0. The van der Waals surface area contributed by atoms with Crippen molar-refractivity contribution < 1.29 is 0 Å². The smallest absolute Gasteiger partial charge is 0.0198 e. The summed E-state index contributed by atoms with van der Waals surface area (Å²) in [7, 11) is 2.24. The van der Waals surface area contributed by atoms with E-state index in [0.717, 1.165) is 18.0 Å². The number of hydrogen-bond acceptors (Lipinski definition) is 3. The Hall–Kier alpha value is -0.560. The van der Waals surface area contributed by atoms with Gasteiger partial charge in [-0.3, -0.25) is 4.90 Å². The van der Waals surface area contributed by atoms with Crippen LogP contribution >= 0.6 is 0 Å². The number of nitrogens with zero attached hydrogens (tertiary/aromatic N) is 3. The molecule has 24 heavy (non-hydrogen) atoms. The van der Waals surface area contributed by atoms with E-state index in [1.165, 1.54) is 71.4 Å². The van der Waals surface area contributed by atoms with Crippen LogP contribution in [0.25, 0.3) is 0 Å². The highest BCUT2D eigenvalue weighted by Gasteiger charge is 2.32. The van der Waals surface area contributed by atoms with Crippen molar-refractivity contribution in [1.29, 1.82) is 0 Å². The topological polar surface area (TPSA) is 9.72 Å². The van der Waals surface area contributed by atoms with Gasteiger partial charge < -0.3 is 9.80 Å². The maximum absolute atomic E-state index is 4.60. The first kappa shape index (κ1) is 21.5. The van der Waals surface area contributed by atoms with Gasteiger partial charge in [-0.2, -0.15) is 0 Å². The van der Waals surface area contributed by atoms with Crippen molar-refractivity contribution in [2.24, 2.45) is 5.92 Å². The third-order valence-corrected chi connectivity index (χ3v) is 5.46. The SMILES string of the molecule is C#CC.CC.CC1CN(CC2CN(C)C2)CCN1C1CCCCC1. The van der Waals surface area contributed by atoms with Crippen LogP contribution in [0.3, 0.4) is 0 Å². The highest BCUT2D eigenvalue weighted by Crippen LogP contribution is 2.26. The van der Waals surface area contributed by atoms with Crippen LogP contribution in [0.4, 0.5) is 0 Å². The van der Waals surface area contributed by atoms with Gasteiger partial charge in [-0.05, 0) is 39.7 Å². The summed E-state index contributed by atoms with van der Waals surface area (Å²) in [4.78, 5) is 7.98. The molecule has 3 nitrogen and oxygen atoms in total. The number of hydrogen-bond donors (Lipinski definition) is 0. The predicted molar refractivity (Wildman–Crippen MR) is 106 cm³/mol. The third kappa shape index (κ3) is 6.75. The van der Waals surface area contributed by atoms with E-state index < -0.39 is 0 Å². The Balaban J connectivity index is 0.000000521. The maximum atomic E-state index is 4.60. The van der Waals surface area contributed by atoms with Crippen LogP contribution in [0.2, 0.25) is 0 Å².